The average molecular weight is 715 g/mol. The number of rotatable bonds is 10. The van der Waals surface area contributed by atoms with Crippen LogP contribution in [-0.4, -0.2) is 104 Å². The number of aliphatic hydroxyl groups is 1. The van der Waals surface area contributed by atoms with Crippen molar-refractivity contribution in [3.05, 3.63) is 29.3 Å². The fourth-order valence-corrected chi connectivity index (χ4v) is 7.58. The van der Waals surface area contributed by atoms with Crippen LogP contribution in [0.1, 0.15) is 12.5 Å². The van der Waals surface area contributed by atoms with Crippen LogP contribution in [0, 0.1) is 0 Å². The Morgan fingerprint density at radius 2 is 1.76 bits per heavy atom. The molecule has 45 heavy (non-hydrogen) atoms. The summed E-state index contributed by atoms with van der Waals surface area (Å²) in [5.74, 6) is -0.208. The van der Waals surface area contributed by atoms with Crippen molar-refractivity contribution in [2.75, 3.05) is 24.7 Å². The standard InChI is InChI=1S/C20H26F2N10O9P2S2/c21-8-6(1-33)38-19(32-5-28-11-16(32)29-20(24)30-17(11)34)13(8)41-43(36,45)37-2-7-12(40-42(35)44)9(22)18(39-7)31-4-27-10-14(23)25-3-26-15(10)31/h3-9,12-13,18-19,33,36,42-43,45H,1-2H2,(H,35,44)(H2,23,25,26)(H3,24,29,30,34)/t6-,7-,8+,9+,12+,13+,18-,19-/m1/s1. The number of anilines is 2. The van der Waals surface area contributed by atoms with Crippen molar-refractivity contribution < 1.29 is 46.7 Å². The van der Waals surface area contributed by atoms with Crippen LogP contribution in [0.4, 0.5) is 20.5 Å². The zero-order chi connectivity index (χ0) is 32.2. The molecule has 0 bridgehead atoms. The quantitative estimate of drug-likeness (QED) is 0.0783. The Morgan fingerprint density at radius 1 is 1.07 bits per heavy atom. The first kappa shape index (κ1) is 32.4. The molecule has 8 N–H and O–H groups in total. The molecule has 2 saturated heterocycles. The van der Waals surface area contributed by atoms with Crippen molar-refractivity contribution in [1.29, 1.82) is 0 Å². The van der Waals surface area contributed by atoms with Crippen LogP contribution in [0.2, 0.25) is 0 Å². The molecule has 9 atom stereocenters. The van der Waals surface area contributed by atoms with Gasteiger partial charge in [0, 0.05) is 0 Å². The molecule has 6 heterocycles. The van der Waals surface area contributed by atoms with Gasteiger partial charge in [-0.3, -0.25) is 0 Å². The van der Waals surface area contributed by atoms with Gasteiger partial charge in [-0.15, -0.1) is 0 Å². The van der Waals surface area contributed by atoms with Crippen molar-refractivity contribution in [3.8, 4) is 0 Å². The summed E-state index contributed by atoms with van der Waals surface area (Å²) >= 11 is 8.85. The number of H-pyrrole nitrogens is 1. The van der Waals surface area contributed by atoms with Crippen LogP contribution in [-0.2, 0) is 34.9 Å². The van der Waals surface area contributed by atoms with Gasteiger partial charge in [0.1, 0.15) is 0 Å². The van der Waals surface area contributed by atoms with E-state index in [0.29, 0.717) is 0 Å². The van der Waals surface area contributed by atoms with Crippen molar-refractivity contribution in [2.24, 2.45) is 0 Å². The monoisotopic (exact) mass is 714 g/mol. The number of nitrogens with zero attached hydrogens (tertiary/aromatic N) is 7. The Hall–Kier alpha value is -2.53. The molecule has 25 heteroatoms. The van der Waals surface area contributed by atoms with Gasteiger partial charge in [0.05, 0.1) is 0 Å². The first-order valence-corrected chi connectivity index (χ1v) is 18.4. The first-order chi connectivity index (χ1) is 21.4. The summed E-state index contributed by atoms with van der Waals surface area (Å²) in [7, 11) is -7.51. The number of nitrogen functional groups attached to an aromatic ring is 2. The summed E-state index contributed by atoms with van der Waals surface area (Å²) in [4.78, 5) is 55.3. The van der Waals surface area contributed by atoms with E-state index in [1.807, 2.05) is 0 Å². The number of alkyl halides is 2. The Morgan fingerprint density at radius 3 is 2.47 bits per heavy atom. The van der Waals surface area contributed by atoms with Crippen LogP contribution < -0.4 is 17.0 Å². The van der Waals surface area contributed by atoms with Gasteiger partial charge in [-0.1, -0.05) is 0 Å². The second kappa shape index (κ2) is 12.6. The number of nitrogens with one attached hydrogen (secondary N) is 1. The molecule has 0 aromatic carbocycles. The number of aromatic nitrogens is 8. The van der Waals surface area contributed by atoms with E-state index < -0.39 is 82.3 Å². The first-order valence-electron chi connectivity index (χ1n) is 12.9. The molecule has 2 fully saturated rings. The number of aliphatic hydroxyl groups excluding tert-OH is 1. The molecule has 6 rings (SSSR count). The Balaban J connectivity index is 1.22. The van der Waals surface area contributed by atoms with E-state index in [4.69, 9.17) is 46.3 Å². The van der Waals surface area contributed by atoms with Crippen molar-refractivity contribution in [3.63, 3.8) is 0 Å². The van der Waals surface area contributed by atoms with Crippen LogP contribution in [0.5, 0.6) is 0 Å². The van der Waals surface area contributed by atoms with Crippen molar-refractivity contribution in [1.82, 2.24) is 39.0 Å². The van der Waals surface area contributed by atoms with Crippen LogP contribution in [0.25, 0.3) is 22.3 Å². The zero-order valence-electron chi connectivity index (χ0n) is 22.5. The number of halogens is 2. The number of hydrogen-bond donors (Lipinski definition) is 7. The molecule has 0 amide bonds. The molecule has 0 aliphatic carbocycles. The van der Waals surface area contributed by atoms with E-state index in [0.717, 1.165) is 17.2 Å². The molecule has 4 aromatic heterocycles. The van der Waals surface area contributed by atoms with Crippen LogP contribution in [0.3, 0.4) is 0 Å². The van der Waals surface area contributed by atoms with Gasteiger partial charge in [0.15, 0.2) is 0 Å². The van der Waals surface area contributed by atoms with Gasteiger partial charge in [0.2, 0.25) is 0 Å². The number of hydrogen-bond acceptors (Lipinski definition) is 17. The van der Waals surface area contributed by atoms with Crippen molar-refractivity contribution >= 4 is 72.4 Å². The third kappa shape index (κ3) is 6.15. The van der Waals surface area contributed by atoms with E-state index in [9.17, 15) is 19.7 Å². The molecule has 4 aromatic rings. The normalized spacial score (nSPS) is 30.0. The Bertz CT molecular complexity index is 1800. The molecule has 0 spiro atoms. The van der Waals surface area contributed by atoms with Gasteiger partial charge in [-0.25, -0.2) is 0 Å². The molecule has 2 aliphatic heterocycles. The summed E-state index contributed by atoms with van der Waals surface area (Å²) in [6.07, 6.45) is -9.16. The van der Waals surface area contributed by atoms with Gasteiger partial charge in [-0.2, -0.15) is 0 Å². The fraction of sp³-hybridized carbons (Fsp3) is 0.500. The molecule has 19 nitrogen and oxygen atoms in total. The van der Waals surface area contributed by atoms with Gasteiger partial charge >= 0.3 is 261 Å². The summed E-state index contributed by atoms with van der Waals surface area (Å²) < 4.78 is 61.4. The molecule has 1 unspecified atom stereocenters. The molecular weight excluding hydrogens is 688 g/mol. The topological polar surface area (TPSA) is 266 Å². The number of aromatic amines is 1. The number of thiol groups is 1. The second-order valence-corrected chi connectivity index (χ2v) is 15.0. The average Bonchev–Trinajstić information content (AvgIpc) is 3.73. The molecule has 0 radical (unpaired) electrons. The Kier molecular flexibility index (Phi) is 9.06. The minimum absolute atomic E-state index is 0.0491. The second-order valence-electron chi connectivity index (χ2n) is 9.85. The van der Waals surface area contributed by atoms with Crippen molar-refractivity contribution in [2.45, 2.75) is 49.2 Å². The number of fused-ring (bicyclic) bond motifs is 2. The third-order valence-electron chi connectivity index (χ3n) is 7.06. The SMILES string of the molecule is Nc1nc2c(ncn2[C@@H]2O[C@H](CO)[C@H](F)[C@@H]2O[PH](O)(S)OC[C@H]2O[C@@H](n3cnc4c(N)ncnc43)[C@@H](F)[C@H]2O[PH](O)=S)c(=O)[nH]1. The van der Waals surface area contributed by atoms with Gasteiger partial charge < -0.3 is 0 Å². The molecule has 2 aliphatic rings. The zero-order valence-corrected chi connectivity index (χ0v) is 26.2. The Labute approximate surface area is 261 Å². The van der Waals surface area contributed by atoms with E-state index >= 15 is 8.78 Å². The van der Waals surface area contributed by atoms with Gasteiger partial charge in [0.25, 0.3) is 0 Å². The minimum atomic E-state index is -4.64. The molecular formula is C20H26F2N10O9P2S2. The van der Waals surface area contributed by atoms with E-state index in [2.05, 4.69) is 42.2 Å². The van der Waals surface area contributed by atoms with Gasteiger partial charge in [-0.05, 0) is 0 Å². The van der Waals surface area contributed by atoms with E-state index in [1.165, 1.54) is 10.9 Å². The summed E-state index contributed by atoms with van der Waals surface area (Å²) in [5, 5.41) is 9.68. The maximum atomic E-state index is 15.7. The third-order valence-corrected chi connectivity index (χ3v) is 9.65. The van der Waals surface area contributed by atoms with E-state index in [1.54, 1.807) is 0 Å². The number of imidazole rings is 2. The fourth-order valence-electron chi connectivity index (χ4n) is 5.09. The maximum absolute atomic E-state index is 15.7. The van der Waals surface area contributed by atoms with Crippen LogP contribution in [0.15, 0.2) is 23.8 Å². The summed E-state index contributed by atoms with van der Waals surface area (Å²) in [5.41, 5.74) is 10.9. The molecule has 0 saturated carbocycles. The number of ether oxygens (including phenoxy) is 2. The number of nitrogens with two attached hydrogens (primary N) is 2. The van der Waals surface area contributed by atoms with Crippen LogP contribution >= 0.6 is 26.5 Å². The predicted octanol–water partition coefficient (Wildman–Crippen LogP) is -0.795. The predicted molar refractivity (Wildman–Crippen MR) is 160 cm³/mol. The summed E-state index contributed by atoms with van der Waals surface area (Å²) in [6.45, 7) is -1.39. The molecule has 246 valence electrons. The van der Waals surface area contributed by atoms with E-state index in [-0.39, 0.29) is 34.1 Å². The summed E-state index contributed by atoms with van der Waals surface area (Å²) in [6, 6.07) is 0.